The first kappa shape index (κ1) is 19.9. The lowest BCUT2D eigenvalue weighted by Crippen LogP contribution is -2.37. The van der Waals surface area contributed by atoms with Crippen LogP contribution >= 0.6 is 0 Å². The summed E-state index contributed by atoms with van der Waals surface area (Å²) in [4.78, 5) is 6.23. The van der Waals surface area contributed by atoms with E-state index >= 15 is 0 Å². The quantitative estimate of drug-likeness (QED) is 0.823. The molecule has 8 nitrogen and oxygen atoms in total. The van der Waals surface area contributed by atoms with E-state index in [9.17, 15) is 15.8 Å². The maximum absolute atomic E-state index is 9.91. The predicted molar refractivity (Wildman–Crippen MR) is 106 cm³/mol. The van der Waals surface area contributed by atoms with Gasteiger partial charge in [-0.25, -0.2) is 4.98 Å². The summed E-state index contributed by atoms with van der Waals surface area (Å²) < 4.78 is 10.6. The van der Waals surface area contributed by atoms with Crippen molar-refractivity contribution >= 4 is 11.6 Å². The van der Waals surface area contributed by atoms with Gasteiger partial charge >= 0.3 is 0 Å². The van der Waals surface area contributed by atoms with Crippen LogP contribution in [0.1, 0.15) is 28.2 Å². The van der Waals surface area contributed by atoms with Gasteiger partial charge < -0.3 is 20.1 Å². The lowest BCUT2D eigenvalue weighted by molar-refractivity contribution is 0.122. The van der Waals surface area contributed by atoms with E-state index in [1.165, 1.54) is 0 Å². The van der Waals surface area contributed by atoms with Crippen molar-refractivity contribution in [3.8, 4) is 24.0 Å². The summed E-state index contributed by atoms with van der Waals surface area (Å²) >= 11 is 0. The Morgan fingerprint density at radius 1 is 1.21 bits per heavy atom. The third-order valence-corrected chi connectivity index (χ3v) is 4.86. The zero-order valence-corrected chi connectivity index (χ0v) is 16.1. The van der Waals surface area contributed by atoms with Gasteiger partial charge in [0.25, 0.3) is 0 Å². The maximum Gasteiger partial charge on any atom is 0.149 e. The van der Waals surface area contributed by atoms with E-state index in [2.05, 4.69) is 17.1 Å². The molecule has 1 aromatic carbocycles. The molecule has 0 bridgehead atoms. The smallest absolute Gasteiger partial charge is 0.149 e. The molecule has 29 heavy (non-hydrogen) atoms. The zero-order valence-electron chi connectivity index (χ0n) is 16.1. The number of aromatic nitrogens is 1. The highest BCUT2D eigenvalue weighted by Crippen LogP contribution is 2.35. The highest BCUT2D eigenvalue weighted by Gasteiger charge is 2.28. The molecule has 1 aliphatic heterocycles. The Kier molecular flexibility index (Phi) is 6.14. The Labute approximate surface area is 169 Å². The van der Waals surface area contributed by atoms with Gasteiger partial charge in [0.05, 0.1) is 32.3 Å². The highest BCUT2D eigenvalue weighted by atomic mass is 16.5. The van der Waals surface area contributed by atoms with Crippen LogP contribution in [0.5, 0.6) is 5.75 Å². The van der Waals surface area contributed by atoms with Crippen molar-refractivity contribution in [2.75, 3.05) is 44.0 Å². The third-order valence-electron chi connectivity index (χ3n) is 4.86. The van der Waals surface area contributed by atoms with Crippen molar-refractivity contribution in [3.05, 3.63) is 46.5 Å². The maximum atomic E-state index is 9.91. The summed E-state index contributed by atoms with van der Waals surface area (Å²) in [5, 5.41) is 29.5. The average Bonchev–Trinajstić information content (AvgIpc) is 2.77. The van der Waals surface area contributed by atoms with Gasteiger partial charge in [-0.3, -0.25) is 0 Å². The van der Waals surface area contributed by atoms with Gasteiger partial charge in [0.2, 0.25) is 0 Å². The predicted octanol–water partition coefficient (Wildman–Crippen LogP) is 2.10. The second-order valence-electron chi connectivity index (χ2n) is 6.54. The van der Waals surface area contributed by atoms with E-state index in [0.717, 1.165) is 5.56 Å². The molecule has 0 aliphatic carbocycles. The monoisotopic (exact) mass is 388 g/mol. The number of nitrogens with two attached hydrogens (primary N) is 1. The number of hydrogen-bond donors (Lipinski definition) is 1. The minimum absolute atomic E-state index is 0.0221. The van der Waals surface area contributed by atoms with Crippen LogP contribution in [0.2, 0.25) is 0 Å². The average molecular weight is 388 g/mol. The standard InChI is InChI=1S/C21H20N6O2/c1-28-16-4-2-3-14(10-16)9-15(11-22)19-17(12-23)20(25)26-21(18(19)13-24)27-5-7-29-8-6-27/h2-4,10,15H,5-9H2,1H3,(H2,25,26)/t15-/m0/s1. The molecule has 0 radical (unpaired) electrons. The van der Waals surface area contributed by atoms with Crippen molar-refractivity contribution < 1.29 is 9.47 Å². The van der Waals surface area contributed by atoms with Crippen LogP contribution in [0.25, 0.3) is 0 Å². The summed E-state index contributed by atoms with van der Waals surface area (Å²) in [6.07, 6.45) is 0.309. The molecule has 1 aromatic heterocycles. The Balaban J connectivity index is 2.12. The minimum Gasteiger partial charge on any atom is -0.497 e. The number of nitriles is 3. The first-order chi connectivity index (χ1) is 14.1. The first-order valence-corrected chi connectivity index (χ1v) is 9.11. The van der Waals surface area contributed by atoms with Crippen LogP contribution in [-0.4, -0.2) is 38.4 Å². The molecule has 0 saturated carbocycles. The number of hydrogen-bond acceptors (Lipinski definition) is 8. The molecule has 8 heteroatoms. The Bertz CT molecular complexity index is 1030. The molecule has 2 heterocycles. The topological polar surface area (TPSA) is 132 Å². The number of rotatable bonds is 5. The molecular formula is C21H20N6O2. The van der Waals surface area contributed by atoms with Gasteiger partial charge in [-0.2, -0.15) is 15.8 Å². The van der Waals surface area contributed by atoms with Gasteiger partial charge in [-0.1, -0.05) is 12.1 Å². The molecule has 3 rings (SSSR count). The normalized spacial score (nSPS) is 14.3. The molecular weight excluding hydrogens is 368 g/mol. The second-order valence-corrected chi connectivity index (χ2v) is 6.54. The summed E-state index contributed by atoms with van der Waals surface area (Å²) in [6.45, 7) is 2.12. The van der Waals surface area contributed by atoms with Crippen LogP contribution in [-0.2, 0) is 11.2 Å². The van der Waals surface area contributed by atoms with E-state index in [0.29, 0.717) is 49.9 Å². The zero-order chi connectivity index (χ0) is 20.8. The molecule has 1 atom stereocenters. The molecule has 1 aliphatic rings. The summed E-state index contributed by atoms with van der Waals surface area (Å²) in [5.74, 6) is 0.349. The van der Waals surface area contributed by atoms with Crippen LogP contribution in [0, 0.1) is 34.0 Å². The molecule has 1 fully saturated rings. The summed E-state index contributed by atoms with van der Waals surface area (Å²) in [7, 11) is 1.57. The van der Waals surface area contributed by atoms with Crippen molar-refractivity contribution in [1.29, 1.82) is 15.8 Å². The molecule has 1 saturated heterocycles. The molecule has 0 spiro atoms. The molecule has 2 aromatic rings. The summed E-state index contributed by atoms with van der Waals surface area (Å²) in [6, 6.07) is 13.8. The SMILES string of the molecule is COc1cccc(C[C@@H](C#N)c2c(C#N)c(N)nc(N3CCOCC3)c2C#N)c1. The van der Waals surface area contributed by atoms with Crippen molar-refractivity contribution in [2.45, 2.75) is 12.3 Å². The Morgan fingerprint density at radius 3 is 2.55 bits per heavy atom. The summed E-state index contributed by atoms with van der Waals surface area (Å²) in [5.41, 5.74) is 7.54. The van der Waals surface area contributed by atoms with Crippen LogP contribution < -0.4 is 15.4 Å². The van der Waals surface area contributed by atoms with Gasteiger partial charge in [-0.05, 0) is 24.1 Å². The second kappa shape index (κ2) is 8.93. The molecule has 2 N–H and O–H groups in total. The number of pyridine rings is 1. The number of nitrogen functional groups attached to an aromatic ring is 1. The van der Waals surface area contributed by atoms with E-state index in [1.54, 1.807) is 7.11 Å². The third kappa shape index (κ3) is 4.06. The fraction of sp³-hybridized carbons (Fsp3) is 0.333. The van der Waals surface area contributed by atoms with Crippen molar-refractivity contribution in [3.63, 3.8) is 0 Å². The number of ether oxygens (including phenoxy) is 2. The highest BCUT2D eigenvalue weighted by molar-refractivity contribution is 5.70. The van der Waals surface area contributed by atoms with Crippen LogP contribution in [0.4, 0.5) is 11.6 Å². The molecule has 146 valence electrons. The van der Waals surface area contributed by atoms with Gasteiger partial charge in [-0.15, -0.1) is 0 Å². The van der Waals surface area contributed by atoms with Crippen LogP contribution in [0.15, 0.2) is 24.3 Å². The number of methoxy groups -OCH3 is 1. The first-order valence-electron chi connectivity index (χ1n) is 9.11. The minimum atomic E-state index is -0.739. The number of benzene rings is 1. The fourth-order valence-corrected chi connectivity index (χ4v) is 3.44. The number of anilines is 2. The van der Waals surface area contributed by atoms with E-state index in [-0.39, 0.29) is 16.9 Å². The van der Waals surface area contributed by atoms with Gasteiger partial charge in [0.1, 0.15) is 40.7 Å². The van der Waals surface area contributed by atoms with Gasteiger partial charge in [0, 0.05) is 18.7 Å². The molecule has 0 unspecified atom stereocenters. The van der Waals surface area contributed by atoms with Crippen molar-refractivity contribution in [2.24, 2.45) is 0 Å². The van der Waals surface area contributed by atoms with E-state index < -0.39 is 5.92 Å². The van der Waals surface area contributed by atoms with Crippen LogP contribution in [0.3, 0.4) is 0 Å². The van der Waals surface area contributed by atoms with E-state index in [4.69, 9.17) is 15.2 Å². The van der Waals surface area contributed by atoms with E-state index in [1.807, 2.05) is 35.2 Å². The Morgan fingerprint density at radius 2 is 1.93 bits per heavy atom. The molecule has 0 amide bonds. The number of nitrogens with zero attached hydrogens (tertiary/aromatic N) is 5. The van der Waals surface area contributed by atoms with Gasteiger partial charge in [0.15, 0.2) is 0 Å². The Hall–Kier alpha value is -3.80. The largest absolute Gasteiger partial charge is 0.497 e. The lowest BCUT2D eigenvalue weighted by Gasteiger charge is -2.30. The van der Waals surface area contributed by atoms with Crippen molar-refractivity contribution in [1.82, 2.24) is 4.98 Å². The number of morpholine rings is 1. The lowest BCUT2D eigenvalue weighted by atomic mass is 9.87. The fourth-order valence-electron chi connectivity index (χ4n) is 3.44.